The molecule has 0 saturated heterocycles. The molecule has 1 aromatic heterocycles. The second-order valence-corrected chi connectivity index (χ2v) is 4.72. The van der Waals surface area contributed by atoms with E-state index >= 15 is 0 Å². The summed E-state index contributed by atoms with van der Waals surface area (Å²) in [6.07, 6.45) is 2.12. The van der Waals surface area contributed by atoms with Crippen LogP contribution in [0.2, 0.25) is 0 Å². The highest BCUT2D eigenvalue weighted by molar-refractivity contribution is 5.31. The van der Waals surface area contributed by atoms with Crippen LogP contribution in [0.15, 0.2) is 10.9 Å². The topological polar surface area (TPSA) is 31.2 Å². The van der Waals surface area contributed by atoms with Crippen LogP contribution in [-0.2, 0) is 24.3 Å². The number of methoxy groups -OCH3 is 1. The van der Waals surface area contributed by atoms with Crippen LogP contribution in [0.4, 0.5) is 0 Å². The number of nitrogens with zero attached hydrogens (tertiary/aromatic N) is 1. The van der Waals surface area contributed by atoms with E-state index in [1.165, 1.54) is 5.69 Å². The second-order valence-electron chi connectivity index (χ2n) is 4.72. The average Bonchev–Trinajstić information content (AvgIpc) is 2.83. The van der Waals surface area contributed by atoms with E-state index in [4.69, 9.17) is 4.74 Å². The molecule has 0 bridgehead atoms. The number of aromatic nitrogens is 1. The van der Waals surface area contributed by atoms with Crippen molar-refractivity contribution in [1.29, 1.82) is 0 Å². The molecule has 1 aliphatic rings. The Morgan fingerprint density at radius 2 is 2.06 bits per heavy atom. The van der Waals surface area contributed by atoms with Gasteiger partial charge in [-0.05, 0) is 30.4 Å². The Bertz CT molecular complexity index is 447. The molecule has 102 valence electrons. The largest absolute Gasteiger partial charge is 0.380 e. The van der Waals surface area contributed by atoms with Gasteiger partial charge < -0.3 is 9.30 Å². The van der Waals surface area contributed by atoms with E-state index in [-0.39, 0.29) is 5.56 Å². The molecule has 2 rings (SSSR count). The van der Waals surface area contributed by atoms with Gasteiger partial charge in [0.1, 0.15) is 0 Å². The third kappa shape index (κ3) is 2.83. The molecular weight excluding hydrogens is 226 g/mol. The minimum Gasteiger partial charge on any atom is -0.380 e. The normalized spacial score (nSPS) is 13.2. The van der Waals surface area contributed by atoms with Crippen LogP contribution >= 0.6 is 0 Å². The van der Waals surface area contributed by atoms with Crippen molar-refractivity contribution >= 4 is 0 Å². The molecule has 0 unspecified atom stereocenters. The Morgan fingerprint density at radius 1 is 1.39 bits per heavy atom. The summed E-state index contributed by atoms with van der Waals surface area (Å²) in [6.45, 7) is 9.54. The maximum absolute atomic E-state index is 12.3. The molecule has 2 heterocycles. The van der Waals surface area contributed by atoms with Crippen molar-refractivity contribution in [2.75, 3.05) is 7.11 Å². The molecule has 3 heteroatoms. The lowest BCUT2D eigenvalue weighted by molar-refractivity contribution is 0.182. The van der Waals surface area contributed by atoms with Crippen molar-refractivity contribution < 1.29 is 4.74 Å². The van der Waals surface area contributed by atoms with Gasteiger partial charge in [0.2, 0.25) is 0 Å². The number of hydrogen-bond acceptors (Lipinski definition) is 2. The van der Waals surface area contributed by atoms with Crippen LogP contribution in [-0.4, -0.2) is 11.7 Å². The van der Waals surface area contributed by atoms with E-state index in [1.54, 1.807) is 7.11 Å². The molecule has 0 fully saturated rings. The summed E-state index contributed by atoms with van der Waals surface area (Å²) in [6, 6.07) is 2.19. The van der Waals surface area contributed by atoms with Crippen LogP contribution in [0.5, 0.6) is 0 Å². The van der Waals surface area contributed by atoms with Crippen molar-refractivity contribution in [2.24, 2.45) is 0 Å². The number of ether oxygens (including phenoxy) is 1. The predicted octanol–water partition coefficient (Wildman–Crippen LogP) is 3.09. The number of fused-ring (bicyclic) bond motifs is 1. The third-order valence-corrected chi connectivity index (χ3v) is 3.25. The van der Waals surface area contributed by atoms with Crippen molar-refractivity contribution in [3.63, 3.8) is 0 Å². The quantitative estimate of drug-likeness (QED) is 0.826. The Labute approximate surface area is 110 Å². The highest BCUT2D eigenvalue weighted by Gasteiger charge is 2.19. The Hall–Kier alpha value is -1.09. The molecule has 0 saturated carbocycles. The molecule has 1 aliphatic heterocycles. The molecular formula is C15H25NO2. The number of pyridine rings is 1. The fourth-order valence-electron chi connectivity index (χ4n) is 2.44. The summed E-state index contributed by atoms with van der Waals surface area (Å²) >= 11 is 0. The van der Waals surface area contributed by atoms with Gasteiger partial charge in [0, 0.05) is 24.9 Å². The summed E-state index contributed by atoms with van der Waals surface area (Å²) in [4.78, 5) is 12.3. The van der Waals surface area contributed by atoms with Gasteiger partial charge in [0.15, 0.2) is 0 Å². The molecule has 18 heavy (non-hydrogen) atoms. The first kappa shape index (κ1) is 15.0. The van der Waals surface area contributed by atoms with Gasteiger partial charge in [0.05, 0.1) is 6.61 Å². The maximum Gasteiger partial charge on any atom is 0.256 e. The van der Waals surface area contributed by atoms with E-state index in [1.807, 2.05) is 18.4 Å². The first-order valence-corrected chi connectivity index (χ1v) is 6.89. The molecule has 0 amide bonds. The van der Waals surface area contributed by atoms with Crippen molar-refractivity contribution in [3.8, 4) is 0 Å². The highest BCUT2D eigenvalue weighted by atomic mass is 16.5. The lowest BCUT2D eigenvalue weighted by Crippen LogP contribution is -2.26. The highest BCUT2D eigenvalue weighted by Crippen LogP contribution is 2.22. The summed E-state index contributed by atoms with van der Waals surface area (Å²) in [5.41, 5.74) is 3.33. The fraction of sp³-hybridized carbons (Fsp3) is 0.667. The zero-order valence-corrected chi connectivity index (χ0v) is 12.2. The summed E-state index contributed by atoms with van der Waals surface area (Å²) in [7, 11) is 1.64. The van der Waals surface area contributed by atoms with Crippen molar-refractivity contribution in [1.82, 2.24) is 4.57 Å². The molecule has 0 atom stereocenters. The van der Waals surface area contributed by atoms with Gasteiger partial charge in [-0.15, -0.1) is 0 Å². The Balaban J connectivity index is 0.000000771. The number of hydrogen-bond donors (Lipinski definition) is 0. The Kier molecular flexibility index (Phi) is 5.60. The summed E-state index contributed by atoms with van der Waals surface area (Å²) in [5, 5.41) is 0. The van der Waals surface area contributed by atoms with Crippen molar-refractivity contribution in [2.45, 2.75) is 59.6 Å². The van der Waals surface area contributed by atoms with Crippen LogP contribution in [0.25, 0.3) is 0 Å². The average molecular weight is 251 g/mol. The van der Waals surface area contributed by atoms with Crippen LogP contribution in [0.1, 0.15) is 56.9 Å². The van der Waals surface area contributed by atoms with Gasteiger partial charge in [-0.3, -0.25) is 4.79 Å². The standard InChI is InChI=1S/C13H19NO2.C2H6/c1-9(2)11-7-10-5-4-6-14(10)13(15)12(11)8-16-3;1-2/h7,9H,4-6,8H2,1-3H3;1-2H3. The van der Waals surface area contributed by atoms with Crippen molar-refractivity contribution in [3.05, 3.63) is 33.2 Å². The molecule has 0 aliphatic carbocycles. The number of aryl methyl sites for hydroxylation is 1. The molecule has 0 N–H and O–H groups in total. The first-order chi connectivity index (χ1) is 8.65. The van der Waals surface area contributed by atoms with Crippen LogP contribution in [0, 0.1) is 0 Å². The van der Waals surface area contributed by atoms with Crippen LogP contribution in [0.3, 0.4) is 0 Å². The van der Waals surface area contributed by atoms with Gasteiger partial charge in [0.25, 0.3) is 5.56 Å². The van der Waals surface area contributed by atoms with Gasteiger partial charge in [-0.1, -0.05) is 27.7 Å². The van der Waals surface area contributed by atoms with E-state index in [0.717, 1.165) is 30.5 Å². The zero-order valence-electron chi connectivity index (χ0n) is 12.2. The lowest BCUT2D eigenvalue weighted by Gasteiger charge is -2.15. The SMILES string of the molecule is CC.COCc1c(C(C)C)cc2n(c1=O)CCC2. The molecule has 0 radical (unpaired) electrons. The first-order valence-electron chi connectivity index (χ1n) is 6.89. The summed E-state index contributed by atoms with van der Waals surface area (Å²) in [5.74, 6) is 0.379. The Morgan fingerprint density at radius 3 is 2.61 bits per heavy atom. The van der Waals surface area contributed by atoms with Gasteiger partial charge in [-0.2, -0.15) is 0 Å². The van der Waals surface area contributed by atoms with Gasteiger partial charge in [-0.25, -0.2) is 0 Å². The molecule has 0 aromatic carbocycles. The molecule has 1 aromatic rings. The monoisotopic (exact) mass is 251 g/mol. The maximum atomic E-state index is 12.3. The van der Waals surface area contributed by atoms with E-state index < -0.39 is 0 Å². The third-order valence-electron chi connectivity index (χ3n) is 3.25. The van der Waals surface area contributed by atoms with E-state index in [0.29, 0.717) is 12.5 Å². The second kappa shape index (κ2) is 6.74. The predicted molar refractivity (Wildman–Crippen MR) is 75.2 cm³/mol. The van der Waals surface area contributed by atoms with E-state index in [2.05, 4.69) is 19.9 Å². The van der Waals surface area contributed by atoms with Gasteiger partial charge >= 0.3 is 0 Å². The summed E-state index contributed by atoms with van der Waals surface area (Å²) < 4.78 is 7.05. The lowest BCUT2D eigenvalue weighted by atomic mass is 9.98. The van der Waals surface area contributed by atoms with Crippen LogP contribution < -0.4 is 5.56 Å². The van der Waals surface area contributed by atoms with E-state index in [9.17, 15) is 4.79 Å². The zero-order chi connectivity index (χ0) is 13.7. The number of rotatable bonds is 3. The fourth-order valence-corrected chi connectivity index (χ4v) is 2.44. The minimum absolute atomic E-state index is 0.153. The minimum atomic E-state index is 0.153. The smallest absolute Gasteiger partial charge is 0.256 e. The molecule has 0 spiro atoms. The molecule has 3 nitrogen and oxygen atoms in total.